The lowest BCUT2D eigenvalue weighted by molar-refractivity contribution is -0.803. The molecule has 1 atom stereocenters. The van der Waals surface area contributed by atoms with E-state index in [1.165, 1.54) is 27.3 Å². The van der Waals surface area contributed by atoms with Crippen LogP contribution in [0.15, 0.2) is 84.7 Å². The van der Waals surface area contributed by atoms with Crippen LogP contribution in [0, 0.1) is 0 Å². The molecule has 2 nitrogen and oxygen atoms in total. The molecule has 0 spiro atoms. The molecule has 0 fully saturated rings. The largest absolute Gasteiger partial charge is 0.378 e. The van der Waals surface area contributed by atoms with Gasteiger partial charge in [-0.05, 0) is 23.8 Å². The molecule has 1 N–H and O–H groups in total. The van der Waals surface area contributed by atoms with Crippen LogP contribution in [0.5, 0.6) is 0 Å². The average molecular weight is 303 g/mol. The van der Waals surface area contributed by atoms with Gasteiger partial charge in [-0.1, -0.05) is 48.5 Å². The first kappa shape index (κ1) is 15.3. The van der Waals surface area contributed by atoms with Crippen LogP contribution in [0.25, 0.3) is 6.08 Å². The van der Waals surface area contributed by atoms with E-state index in [1.807, 2.05) is 0 Å². The second-order valence-electron chi connectivity index (χ2n) is 6.03. The standard InChI is InChI=1S/C21H22N2/c1-22(2)21-12-10-18(11-13-21)8-9-20-14-15-23(17-20)16-19-6-4-3-5-7-19/h3-15,17H,16H2,1-2H3/p+1/b9-8+. The molecule has 2 heteroatoms. The molecule has 0 bridgehead atoms. The third-order valence-corrected chi connectivity index (χ3v) is 3.97. The smallest absolute Gasteiger partial charge is 0.111 e. The average Bonchev–Trinajstić information content (AvgIpc) is 3.02. The topological polar surface area (TPSA) is 7.68 Å². The zero-order valence-electron chi connectivity index (χ0n) is 13.7. The lowest BCUT2D eigenvalue weighted by Crippen LogP contribution is -3.00. The van der Waals surface area contributed by atoms with Crippen molar-refractivity contribution in [3.63, 3.8) is 0 Å². The fourth-order valence-electron chi connectivity index (χ4n) is 2.63. The summed E-state index contributed by atoms with van der Waals surface area (Å²) in [6.07, 6.45) is 11.0. The van der Waals surface area contributed by atoms with E-state index in [-0.39, 0.29) is 0 Å². The predicted molar refractivity (Wildman–Crippen MR) is 98.1 cm³/mol. The lowest BCUT2D eigenvalue weighted by Gasteiger charge is -2.11. The van der Waals surface area contributed by atoms with Crippen molar-refractivity contribution in [2.24, 2.45) is 0 Å². The highest BCUT2D eigenvalue weighted by molar-refractivity contribution is 5.58. The summed E-state index contributed by atoms with van der Waals surface area (Å²) in [7, 11) is 4.12. The first-order chi connectivity index (χ1) is 11.2. The van der Waals surface area contributed by atoms with Crippen molar-refractivity contribution in [1.82, 2.24) is 0 Å². The molecular weight excluding hydrogens is 280 g/mol. The van der Waals surface area contributed by atoms with Gasteiger partial charge in [-0.3, -0.25) is 4.90 Å². The molecule has 23 heavy (non-hydrogen) atoms. The number of nitrogens with zero attached hydrogens (tertiary/aromatic N) is 1. The Morgan fingerprint density at radius 2 is 1.65 bits per heavy atom. The molecule has 2 aromatic rings. The molecule has 1 unspecified atom stereocenters. The number of benzene rings is 2. The van der Waals surface area contributed by atoms with Crippen molar-refractivity contribution in [3.8, 4) is 0 Å². The second kappa shape index (κ2) is 7.12. The SMILES string of the molecule is CN(C)c1ccc(/C=C/C2=C[NH+](Cc3ccccc3)C=C2)cc1. The number of nitrogens with one attached hydrogen (secondary N) is 1. The zero-order valence-corrected chi connectivity index (χ0v) is 13.7. The van der Waals surface area contributed by atoms with Crippen molar-refractivity contribution >= 4 is 11.8 Å². The Kier molecular flexibility index (Phi) is 4.74. The summed E-state index contributed by atoms with van der Waals surface area (Å²) in [5, 5.41) is 0. The molecule has 0 amide bonds. The van der Waals surface area contributed by atoms with Gasteiger partial charge in [0.1, 0.15) is 12.7 Å². The maximum Gasteiger partial charge on any atom is 0.111 e. The van der Waals surface area contributed by atoms with Crippen molar-refractivity contribution in [2.75, 3.05) is 19.0 Å². The van der Waals surface area contributed by atoms with Crippen LogP contribution in [-0.2, 0) is 6.54 Å². The fraction of sp³-hybridized carbons (Fsp3) is 0.143. The number of anilines is 1. The van der Waals surface area contributed by atoms with E-state index in [0.717, 1.165) is 6.54 Å². The highest BCUT2D eigenvalue weighted by Crippen LogP contribution is 2.14. The summed E-state index contributed by atoms with van der Waals surface area (Å²) in [4.78, 5) is 3.47. The predicted octanol–water partition coefficient (Wildman–Crippen LogP) is 3.26. The van der Waals surface area contributed by atoms with Gasteiger partial charge < -0.3 is 4.90 Å². The molecule has 0 saturated heterocycles. The Bertz CT molecular complexity index is 722. The Morgan fingerprint density at radius 3 is 2.35 bits per heavy atom. The highest BCUT2D eigenvalue weighted by Gasteiger charge is 2.09. The van der Waals surface area contributed by atoms with E-state index in [4.69, 9.17) is 0 Å². The third kappa shape index (κ3) is 4.21. The van der Waals surface area contributed by atoms with Gasteiger partial charge in [-0.15, -0.1) is 0 Å². The van der Waals surface area contributed by atoms with Gasteiger partial charge in [-0.2, -0.15) is 0 Å². The van der Waals surface area contributed by atoms with Crippen LogP contribution in [0.1, 0.15) is 11.1 Å². The number of allylic oxidation sites excluding steroid dienone is 3. The molecule has 0 aromatic heterocycles. The van der Waals surface area contributed by atoms with E-state index in [0.29, 0.717) is 0 Å². The first-order valence-electron chi connectivity index (χ1n) is 7.96. The summed E-state index contributed by atoms with van der Waals surface area (Å²) in [6.45, 7) is 0.992. The molecule has 3 rings (SSSR count). The monoisotopic (exact) mass is 303 g/mol. The number of hydrogen-bond acceptors (Lipinski definition) is 1. The van der Waals surface area contributed by atoms with Crippen molar-refractivity contribution in [2.45, 2.75) is 6.54 Å². The minimum absolute atomic E-state index is 0.992. The molecular formula is C21H23N2+. The molecule has 0 aliphatic carbocycles. The summed E-state index contributed by atoms with van der Waals surface area (Å²) in [5.74, 6) is 0. The normalized spacial score (nSPS) is 16.8. The molecule has 0 radical (unpaired) electrons. The molecule has 2 aromatic carbocycles. The highest BCUT2D eigenvalue weighted by atomic mass is 15.1. The molecule has 0 saturated carbocycles. The fourth-order valence-corrected chi connectivity index (χ4v) is 2.63. The van der Waals surface area contributed by atoms with Gasteiger partial charge in [0.25, 0.3) is 0 Å². The molecule has 1 aliphatic heterocycles. The first-order valence-corrected chi connectivity index (χ1v) is 7.96. The molecule has 1 heterocycles. The van der Waals surface area contributed by atoms with E-state index in [1.54, 1.807) is 0 Å². The number of quaternary nitrogens is 1. The summed E-state index contributed by atoms with van der Waals surface area (Å²) in [5.41, 5.74) is 5.06. The van der Waals surface area contributed by atoms with Crippen LogP contribution in [-0.4, -0.2) is 14.1 Å². The lowest BCUT2D eigenvalue weighted by atomic mass is 10.1. The Balaban J connectivity index is 1.62. The second-order valence-corrected chi connectivity index (χ2v) is 6.03. The quantitative estimate of drug-likeness (QED) is 0.891. The maximum absolute atomic E-state index is 2.26. The van der Waals surface area contributed by atoms with E-state index >= 15 is 0 Å². The molecule has 1 aliphatic rings. The number of rotatable bonds is 5. The third-order valence-electron chi connectivity index (χ3n) is 3.97. The van der Waals surface area contributed by atoms with Gasteiger partial charge in [0.15, 0.2) is 0 Å². The number of hydrogen-bond donors (Lipinski definition) is 1. The summed E-state index contributed by atoms with van der Waals surface area (Å²) < 4.78 is 0. The van der Waals surface area contributed by atoms with Crippen molar-refractivity contribution in [1.29, 1.82) is 0 Å². The summed E-state index contributed by atoms with van der Waals surface area (Å²) >= 11 is 0. The van der Waals surface area contributed by atoms with Crippen molar-refractivity contribution in [3.05, 3.63) is 95.8 Å². The van der Waals surface area contributed by atoms with Gasteiger partial charge in [0, 0.05) is 37.0 Å². The maximum atomic E-state index is 2.26. The van der Waals surface area contributed by atoms with Gasteiger partial charge in [-0.25, -0.2) is 0 Å². The van der Waals surface area contributed by atoms with E-state index in [9.17, 15) is 0 Å². The van der Waals surface area contributed by atoms with Gasteiger partial charge >= 0.3 is 0 Å². The van der Waals surface area contributed by atoms with Crippen molar-refractivity contribution < 1.29 is 4.90 Å². The Labute approximate surface area is 138 Å². The van der Waals surface area contributed by atoms with Crippen LogP contribution in [0.4, 0.5) is 5.69 Å². The van der Waals surface area contributed by atoms with Crippen LogP contribution in [0.3, 0.4) is 0 Å². The Morgan fingerprint density at radius 1 is 0.913 bits per heavy atom. The van der Waals surface area contributed by atoms with E-state index < -0.39 is 0 Å². The zero-order chi connectivity index (χ0) is 16.1. The van der Waals surface area contributed by atoms with Gasteiger partial charge in [0.05, 0.1) is 6.20 Å². The van der Waals surface area contributed by atoms with Crippen LogP contribution >= 0.6 is 0 Å². The summed E-state index contributed by atoms with van der Waals surface area (Å²) in [6, 6.07) is 19.2. The van der Waals surface area contributed by atoms with E-state index in [2.05, 4.69) is 104 Å². The minimum Gasteiger partial charge on any atom is -0.378 e. The minimum atomic E-state index is 0.992. The van der Waals surface area contributed by atoms with Crippen LogP contribution in [0.2, 0.25) is 0 Å². The molecule has 116 valence electrons. The van der Waals surface area contributed by atoms with Gasteiger partial charge in [0.2, 0.25) is 0 Å². The Hall–Kier alpha value is -2.58. The van der Waals surface area contributed by atoms with Crippen LogP contribution < -0.4 is 9.80 Å².